The number of imidazole rings is 1. The van der Waals surface area contributed by atoms with Crippen molar-refractivity contribution in [1.29, 1.82) is 0 Å². The monoisotopic (exact) mass is 312 g/mol. The summed E-state index contributed by atoms with van der Waals surface area (Å²) in [4.78, 5) is 18.7. The maximum atomic E-state index is 12.3. The van der Waals surface area contributed by atoms with Crippen molar-refractivity contribution in [3.05, 3.63) is 54.1 Å². The minimum absolute atomic E-state index is 0.118. The molecule has 0 spiro atoms. The second-order valence-electron chi connectivity index (χ2n) is 6.41. The maximum absolute atomic E-state index is 12.3. The van der Waals surface area contributed by atoms with Crippen LogP contribution in [0.15, 0.2) is 42.9 Å². The average Bonchev–Trinajstić information content (AvgIpc) is 3.12. The molecule has 0 radical (unpaired) electrons. The number of amides is 1. The van der Waals surface area contributed by atoms with Crippen LogP contribution >= 0.6 is 0 Å². The largest absolute Gasteiger partial charge is 0.351 e. The molecule has 5 nitrogen and oxygen atoms in total. The Hall–Kier alpha value is -2.14. The molecule has 1 fully saturated rings. The summed E-state index contributed by atoms with van der Waals surface area (Å²) >= 11 is 0. The van der Waals surface area contributed by atoms with E-state index < -0.39 is 0 Å². The summed E-state index contributed by atoms with van der Waals surface area (Å²) in [6.45, 7) is 1.88. The highest BCUT2D eigenvalue weighted by atomic mass is 16.1. The molecule has 0 unspecified atom stereocenters. The van der Waals surface area contributed by atoms with E-state index in [1.807, 2.05) is 23.9 Å². The van der Waals surface area contributed by atoms with Crippen molar-refractivity contribution in [2.45, 2.75) is 24.8 Å². The van der Waals surface area contributed by atoms with Crippen LogP contribution in [0, 0.1) is 0 Å². The fourth-order valence-electron chi connectivity index (χ4n) is 3.33. The number of likely N-dealkylation sites (tertiary alicyclic amines) is 1. The summed E-state index contributed by atoms with van der Waals surface area (Å²) in [6.07, 6.45) is 4.82. The van der Waals surface area contributed by atoms with Gasteiger partial charge in [-0.3, -0.25) is 4.79 Å². The van der Waals surface area contributed by atoms with Crippen molar-refractivity contribution in [1.82, 2.24) is 19.8 Å². The van der Waals surface area contributed by atoms with E-state index in [0.29, 0.717) is 12.3 Å². The zero-order valence-corrected chi connectivity index (χ0v) is 13.8. The summed E-state index contributed by atoms with van der Waals surface area (Å²) in [7, 11) is 4.06. The number of hydrogen-bond donors (Lipinski definition) is 1. The predicted molar refractivity (Wildman–Crippen MR) is 90.1 cm³/mol. The summed E-state index contributed by atoms with van der Waals surface area (Å²) in [5.74, 6) is 0.481. The predicted octanol–water partition coefficient (Wildman–Crippen LogP) is 1.57. The molecule has 0 saturated carbocycles. The van der Waals surface area contributed by atoms with Crippen LogP contribution in [0.3, 0.4) is 0 Å². The Morgan fingerprint density at radius 3 is 2.74 bits per heavy atom. The van der Waals surface area contributed by atoms with E-state index in [4.69, 9.17) is 0 Å². The Morgan fingerprint density at radius 2 is 2.04 bits per heavy atom. The quantitative estimate of drug-likeness (QED) is 0.912. The van der Waals surface area contributed by atoms with Gasteiger partial charge in [0.25, 0.3) is 0 Å². The van der Waals surface area contributed by atoms with Gasteiger partial charge in [0.05, 0.1) is 6.33 Å². The lowest BCUT2D eigenvalue weighted by Crippen LogP contribution is -2.39. The van der Waals surface area contributed by atoms with E-state index in [9.17, 15) is 4.79 Å². The van der Waals surface area contributed by atoms with Gasteiger partial charge in [-0.25, -0.2) is 4.98 Å². The maximum Gasteiger partial charge on any atom is 0.220 e. The summed E-state index contributed by atoms with van der Waals surface area (Å²) < 4.78 is 1.96. The molecule has 1 N–H and O–H groups in total. The van der Waals surface area contributed by atoms with E-state index in [2.05, 4.69) is 46.5 Å². The lowest BCUT2D eigenvalue weighted by molar-refractivity contribution is -0.121. The molecular formula is C18H24N4O. The molecule has 3 rings (SSSR count). The molecule has 0 bridgehead atoms. The van der Waals surface area contributed by atoms with Gasteiger partial charge in [-0.2, -0.15) is 0 Å². The standard InChI is InChI=1S/C18H24N4O/c1-21-11-16(14-6-4-3-5-7-14)17(12-21)20-18(23)9-8-15-10-19-13-22(15)2/h3-7,10,13,16-17H,8-9,11-12H2,1-2H3,(H,20,23)/t16-,17-/m1/s1. The molecule has 1 aliphatic heterocycles. The highest BCUT2D eigenvalue weighted by Crippen LogP contribution is 2.26. The Kier molecular flexibility index (Phi) is 4.76. The topological polar surface area (TPSA) is 50.2 Å². The van der Waals surface area contributed by atoms with Crippen molar-refractivity contribution in [2.24, 2.45) is 7.05 Å². The highest BCUT2D eigenvalue weighted by Gasteiger charge is 2.32. The first-order chi connectivity index (χ1) is 11.1. The fraction of sp³-hybridized carbons (Fsp3) is 0.444. The molecule has 1 aliphatic rings. The van der Waals surface area contributed by atoms with Gasteiger partial charge in [0, 0.05) is 50.4 Å². The van der Waals surface area contributed by atoms with Gasteiger partial charge in [-0.1, -0.05) is 30.3 Å². The second-order valence-corrected chi connectivity index (χ2v) is 6.41. The lowest BCUT2D eigenvalue weighted by atomic mass is 9.94. The molecule has 2 atom stereocenters. The van der Waals surface area contributed by atoms with Gasteiger partial charge >= 0.3 is 0 Å². The molecule has 1 aromatic carbocycles. The molecule has 2 heterocycles. The number of benzene rings is 1. The zero-order chi connectivity index (χ0) is 16.2. The number of aromatic nitrogens is 2. The number of nitrogens with one attached hydrogen (secondary N) is 1. The van der Waals surface area contributed by atoms with Crippen molar-refractivity contribution < 1.29 is 4.79 Å². The highest BCUT2D eigenvalue weighted by molar-refractivity contribution is 5.76. The van der Waals surface area contributed by atoms with Crippen LogP contribution in [0.1, 0.15) is 23.6 Å². The van der Waals surface area contributed by atoms with Crippen LogP contribution in [0.5, 0.6) is 0 Å². The number of rotatable bonds is 5. The van der Waals surface area contributed by atoms with Crippen LogP contribution in [0.25, 0.3) is 0 Å². The van der Waals surface area contributed by atoms with Gasteiger partial charge < -0.3 is 14.8 Å². The third-order valence-corrected chi connectivity index (χ3v) is 4.60. The smallest absolute Gasteiger partial charge is 0.220 e. The van der Waals surface area contributed by atoms with Crippen LogP contribution in [-0.2, 0) is 18.3 Å². The van der Waals surface area contributed by atoms with E-state index in [1.54, 1.807) is 6.33 Å². The minimum atomic E-state index is 0.118. The molecule has 122 valence electrons. The molecule has 23 heavy (non-hydrogen) atoms. The van der Waals surface area contributed by atoms with Gasteiger partial charge in [0.15, 0.2) is 0 Å². The Morgan fingerprint density at radius 1 is 1.26 bits per heavy atom. The molecule has 0 aliphatic carbocycles. The summed E-state index contributed by atoms with van der Waals surface area (Å²) in [5, 5.41) is 3.23. The van der Waals surface area contributed by atoms with Crippen molar-refractivity contribution in [3.63, 3.8) is 0 Å². The van der Waals surface area contributed by atoms with Crippen LogP contribution in [-0.4, -0.2) is 46.5 Å². The SMILES string of the molecule is CN1C[C@H](c2ccccc2)[C@H](NC(=O)CCc2cncn2C)C1. The van der Waals surface area contributed by atoms with E-state index >= 15 is 0 Å². The number of aryl methyl sites for hydroxylation is 2. The normalized spacial score (nSPS) is 21.5. The number of hydrogen-bond acceptors (Lipinski definition) is 3. The van der Waals surface area contributed by atoms with Crippen LogP contribution < -0.4 is 5.32 Å². The second kappa shape index (κ2) is 6.96. The summed E-state index contributed by atoms with van der Waals surface area (Å²) in [5.41, 5.74) is 2.39. The Balaban J connectivity index is 1.59. The third kappa shape index (κ3) is 3.79. The number of carbonyl (C=O) groups is 1. The minimum Gasteiger partial charge on any atom is -0.351 e. The Labute approximate surface area is 137 Å². The van der Waals surface area contributed by atoms with Gasteiger partial charge in [0.1, 0.15) is 0 Å². The molecule has 2 aromatic rings. The van der Waals surface area contributed by atoms with Gasteiger partial charge in [-0.15, -0.1) is 0 Å². The van der Waals surface area contributed by atoms with E-state index in [0.717, 1.165) is 25.2 Å². The fourth-order valence-corrected chi connectivity index (χ4v) is 3.33. The molecule has 1 amide bonds. The number of carbonyl (C=O) groups excluding carboxylic acids is 1. The van der Waals surface area contributed by atoms with E-state index in [1.165, 1.54) is 5.56 Å². The average molecular weight is 312 g/mol. The first-order valence-corrected chi connectivity index (χ1v) is 8.11. The van der Waals surface area contributed by atoms with Crippen LogP contribution in [0.2, 0.25) is 0 Å². The van der Waals surface area contributed by atoms with Gasteiger partial charge in [0.2, 0.25) is 5.91 Å². The van der Waals surface area contributed by atoms with E-state index in [-0.39, 0.29) is 11.9 Å². The third-order valence-electron chi connectivity index (χ3n) is 4.60. The summed E-state index contributed by atoms with van der Waals surface area (Å²) in [6, 6.07) is 10.6. The first kappa shape index (κ1) is 15.7. The lowest BCUT2D eigenvalue weighted by Gasteiger charge is -2.20. The first-order valence-electron chi connectivity index (χ1n) is 8.11. The van der Waals surface area contributed by atoms with Gasteiger partial charge in [-0.05, 0) is 19.0 Å². The molecular weight excluding hydrogens is 288 g/mol. The molecule has 5 heteroatoms. The van der Waals surface area contributed by atoms with Crippen molar-refractivity contribution in [2.75, 3.05) is 20.1 Å². The number of likely N-dealkylation sites (N-methyl/N-ethyl adjacent to an activating group) is 1. The molecule has 1 saturated heterocycles. The molecule has 1 aromatic heterocycles. The number of nitrogens with zero attached hydrogens (tertiary/aromatic N) is 3. The zero-order valence-electron chi connectivity index (χ0n) is 13.8. The van der Waals surface area contributed by atoms with Crippen LogP contribution in [0.4, 0.5) is 0 Å². The van der Waals surface area contributed by atoms with Crippen molar-refractivity contribution in [3.8, 4) is 0 Å². The van der Waals surface area contributed by atoms with Crippen molar-refractivity contribution >= 4 is 5.91 Å². The Bertz CT molecular complexity index is 652.